The second-order valence-electron chi connectivity index (χ2n) is 10.8. The number of hydrogen-bond donors (Lipinski definition) is 2. The molecule has 0 atom stereocenters. The van der Waals surface area contributed by atoms with Crippen molar-refractivity contribution in [3.63, 3.8) is 0 Å². The zero-order valence-electron chi connectivity index (χ0n) is 21.3. The van der Waals surface area contributed by atoms with Crippen molar-refractivity contribution in [1.29, 1.82) is 0 Å². The summed E-state index contributed by atoms with van der Waals surface area (Å²) in [5, 5.41) is 0. The van der Waals surface area contributed by atoms with E-state index in [0.29, 0.717) is 18.4 Å². The number of anilines is 1. The Bertz CT molecular complexity index is 1010. The fourth-order valence-corrected chi connectivity index (χ4v) is 5.91. The van der Waals surface area contributed by atoms with Crippen molar-refractivity contribution >= 4 is 11.7 Å². The SMILES string of the molecule is COc1cccc(CN2C(=O)N(c3ccc(C4CNNC4)cc3)CC23CCN(CC(C)C)CC3)c1. The molecule has 3 fully saturated rings. The molecule has 0 bridgehead atoms. The van der Waals surface area contributed by atoms with Gasteiger partial charge in [-0.15, -0.1) is 0 Å². The maximum absolute atomic E-state index is 13.9. The van der Waals surface area contributed by atoms with Crippen LogP contribution in [-0.4, -0.2) is 67.7 Å². The molecule has 7 heteroatoms. The van der Waals surface area contributed by atoms with Crippen LogP contribution in [0.15, 0.2) is 48.5 Å². The van der Waals surface area contributed by atoms with Crippen molar-refractivity contribution < 1.29 is 9.53 Å². The van der Waals surface area contributed by atoms with Gasteiger partial charge in [0, 0.05) is 50.9 Å². The highest BCUT2D eigenvalue weighted by Crippen LogP contribution is 2.40. The number of carbonyl (C=O) groups excluding carboxylic acids is 1. The first kappa shape index (κ1) is 24.1. The van der Waals surface area contributed by atoms with Gasteiger partial charge in [0.1, 0.15) is 5.75 Å². The minimum atomic E-state index is -0.147. The van der Waals surface area contributed by atoms with Crippen molar-refractivity contribution in [2.45, 2.75) is 44.7 Å². The monoisotopic (exact) mass is 477 g/mol. The molecule has 0 saturated carbocycles. The van der Waals surface area contributed by atoms with Gasteiger partial charge in [-0.1, -0.05) is 38.1 Å². The van der Waals surface area contributed by atoms with Gasteiger partial charge in [0.25, 0.3) is 0 Å². The van der Waals surface area contributed by atoms with E-state index in [1.807, 2.05) is 17.0 Å². The highest BCUT2D eigenvalue weighted by atomic mass is 16.5. The second-order valence-corrected chi connectivity index (χ2v) is 10.8. The van der Waals surface area contributed by atoms with Gasteiger partial charge < -0.3 is 14.5 Å². The summed E-state index contributed by atoms with van der Waals surface area (Å²) in [6.07, 6.45) is 2.01. The molecule has 3 saturated heterocycles. The molecule has 188 valence electrons. The Morgan fingerprint density at radius 2 is 1.77 bits per heavy atom. The van der Waals surface area contributed by atoms with Crippen molar-refractivity contribution in [3.8, 4) is 5.75 Å². The van der Waals surface area contributed by atoms with Crippen LogP contribution in [0.25, 0.3) is 0 Å². The topological polar surface area (TPSA) is 60.1 Å². The molecule has 0 aromatic heterocycles. The van der Waals surface area contributed by atoms with Crippen LogP contribution >= 0.6 is 0 Å². The lowest BCUT2D eigenvalue weighted by molar-refractivity contribution is 0.0672. The molecule has 5 rings (SSSR count). The predicted octanol–water partition coefficient (Wildman–Crippen LogP) is 3.82. The van der Waals surface area contributed by atoms with Crippen LogP contribution in [0.4, 0.5) is 10.5 Å². The van der Waals surface area contributed by atoms with E-state index in [0.717, 1.165) is 69.1 Å². The van der Waals surface area contributed by atoms with E-state index in [1.54, 1.807) is 7.11 Å². The Balaban J connectivity index is 1.39. The Labute approximate surface area is 209 Å². The Morgan fingerprint density at radius 3 is 2.43 bits per heavy atom. The highest BCUT2D eigenvalue weighted by molar-refractivity contribution is 5.95. The normalized spacial score (nSPS) is 21.0. The number of nitrogens with zero attached hydrogens (tertiary/aromatic N) is 3. The Kier molecular flexibility index (Phi) is 7.00. The second kappa shape index (κ2) is 10.2. The van der Waals surface area contributed by atoms with Crippen molar-refractivity contribution in [2.75, 3.05) is 51.3 Å². The van der Waals surface area contributed by atoms with E-state index in [2.05, 4.69) is 70.9 Å². The van der Waals surface area contributed by atoms with Gasteiger partial charge in [-0.25, -0.2) is 4.79 Å². The van der Waals surface area contributed by atoms with Crippen molar-refractivity contribution in [3.05, 3.63) is 59.7 Å². The molecule has 2 amide bonds. The third-order valence-corrected chi connectivity index (χ3v) is 7.87. The first-order valence-corrected chi connectivity index (χ1v) is 13.0. The number of nitrogens with one attached hydrogen (secondary N) is 2. The van der Waals surface area contributed by atoms with Crippen LogP contribution in [0.5, 0.6) is 5.75 Å². The molecule has 0 radical (unpaired) electrons. The quantitative estimate of drug-likeness (QED) is 0.635. The minimum absolute atomic E-state index is 0.113. The van der Waals surface area contributed by atoms with Crippen LogP contribution in [0.3, 0.4) is 0 Å². The average Bonchev–Trinajstić information content (AvgIpc) is 3.49. The highest BCUT2D eigenvalue weighted by Gasteiger charge is 2.51. The number of ether oxygens (including phenoxy) is 1. The van der Waals surface area contributed by atoms with Gasteiger partial charge in [-0.3, -0.25) is 15.8 Å². The molecule has 3 aliphatic rings. The molecule has 0 aliphatic carbocycles. The summed E-state index contributed by atoms with van der Waals surface area (Å²) in [7, 11) is 1.69. The van der Waals surface area contributed by atoms with Gasteiger partial charge in [-0.2, -0.15) is 0 Å². The number of carbonyl (C=O) groups is 1. The van der Waals surface area contributed by atoms with E-state index < -0.39 is 0 Å². The summed E-state index contributed by atoms with van der Waals surface area (Å²) in [6, 6.07) is 16.9. The molecule has 7 nitrogen and oxygen atoms in total. The first-order chi connectivity index (χ1) is 17.0. The number of methoxy groups -OCH3 is 1. The lowest BCUT2D eigenvalue weighted by Gasteiger charge is -2.44. The number of amides is 2. The fourth-order valence-electron chi connectivity index (χ4n) is 5.91. The number of hydrogen-bond acceptors (Lipinski definition) is 5. The minimum Gasteiger partial charge on any atom is -0.497 e. The van der Waals surface area contributed by atoms with E-state index >= 15 is 0 Å². The third-order valence-electron chi connectivity index (χ3n) is 7.87. The maximum atomic E-state index is 13.9. The summed E-state index contributed by atoms with van der Waals surface area (Å²) < 4.78 is 5.45. The van der Waals surface area contributed by atoms with Gasteiger partial charge in [0.15, 0.2) is 0 Å². The first-order valence-electron chi connectivity index (χ1n) is 13.0. The number of urea groups is 1. The average molecular weight is 478 g/mol. The van der Waals surface area contributed by atoms with Gasteiger partial charge in [0.05, 0.1) is 19.2 Å². The maximum Gasteiger partial charge on any atom is 0.325 e. The van der Waals surface area contributed by atoms with Crippen molar-refractivity contribution in [2.24, 2.45) is 5.92 Å². The number of benzene rings is 2. The molecular weight excluding hydrogens is 438 g/mol. The van der Waals surface area contributed by atoms with Crippen molar-refractivity contribution in [1.82, 2.24) is 20.7 Å². The van der Waals surface area contributed by atoms with Crippen LogP contribution in [0, 0.1) is 5.92 Å². The van der Waals surface area contributed by atoms with E-state index in [1.165, 1.54) is 5.56 Å². The molecular formula is C28H39N5O2. The molecule has 1 spiro atoms. The molecule has 35 heavy (non-hydrogen) atoms. The Morgan fingerprint density at radius 1 is 1.06 bits per heavy atom. The van der Waals surface area contributed by atoms with Crippen LogP contribution in [-0.2, 0) is 6.54 Å². The molecule has 3 heterocycles. The van der Waals surface area contributed by atoms with Crippen LogP contribution in [0.1, 0.15) is 43.7 Å². The van der Waals surface area contributed by atoms with Gasteiger partial charge >= 0.3 is 6.03 Å². The summed E-state index contributed by atoms with van der Waals surface area (Å²) in [4.78, 5) is 20.6. The van der Waals surface area contributed by atoms with Crippen LogP contribution < -0.4 is 20.5 Å². The standard InChI is InChI=1S/C28H39N5O2/c1-21(2)18-31-13-11-28(12-14-31)20-32(25-9-7-23(8-10-25)24-16-29-30-17-24)27(34)33(28)19-22-5-4-6-26(15-22)35-3/h4-10,15,21,24,29-30H,11-14,16-20H2,1-3H3. The summed E-state index contributed by atoms with van der Waals surface area (Å²) in [6.45, 7) is 11.0. The van der Waals surface area contributed by atoms with Crippen LogP contribution in [0.2, 0.25) is 0 Å². The van der Waals surface area contributed by atoms with Gasteiger partial charge in [-0.05, 0) is 54.2 Å². The summed E-state index contributed by atoms with van der Waals surface area (Å²) >= 11 is 0. The largest absolute Gasteiger partial charge is 0.497 e. The van der Waals surface area contributed by atoms with E-state index in [9.17, 15) is 4.79 Å². The predicted molar refractivity (Wildman–Crippen MR) is 140 cm³/mol. The molecule has 3 aliphatic heterocycles. The van der Waals surface area contributed by atoms with E-state index in [-0.39, 0.29) is 11.6 Å². The lowest BCUT2D eigenvalue weighted by Crippen LogP contribution is -2.54. The smallest absolute Gasteiger partial charge is 0.325 e. The summed E-state index contributed by atoms with van der Waals surface area (Å²) in [5.41, 5.74) is 9.68. The number of piperidine rings is 1. The molecule has 2 aromatic carbocycles. The third kappa shape index (κ3) is 5.03. The molecule has 0 unspecified atom stereocenters. The fraction of sp³-hybridized carbons (Fsp3) is 0.536. The zero-order chi connectivity index (χ0) is 24.4. The number of rotatable bonds is 7. The molecule has 2 aromatic rings. The number of likely N-dealkylation sites (tertiary alicyclic amines) is 1. The molecule has 2 N–H and O–H groups in total. The van der Waals surface area contributed by atoms with E-state index in [4.69, 9.17) is 4.74 Å². The van der Waals surface area contributed by atoms with Gasteiger partial charge in [0.2, 0.25) is 0 Å². The lowest BCUT2D eigenvalue weighted by atomic mass is 9.86. The summed E-state index contributed by atoms with van der Waals surface area (Å²) in [5.74, 6) is 1.96. The zero-order valence-corrected chi connectivity index (χ0v) is 21.3. The number of hydrazine groups is 1. The Hall–Kier alpha value is -2.61.